The Labute approximate surface area is 107 Å². The number of hydrogen-bond donors (Lipinski definition) is 1. The summed E-state index contributed by atoms with van der Waals surface area (Å²) in [4.78, 5) is 17.9. The number of amides is 1. The summed E-state index contributed by atoms with van der Waals surface area (Å²) in [5.41, 5.74) is 0.356. The van der Waals surface area contributed by atoms with Crippen LogP contribution in [0.5, 0.6) is 0 Å². The largest absolute Gasteiger partial charge is 0.348 e. The number of nitrogens with zero attached hydrogens (tertiary/aromatic N) is 2. The molecule has 0 radical (unpaired) electrons. The predicted octanol–water partition coefficient (Wildman–Crippen LogP) is 1.80. The molecular formula is C12H18ClN3O. The molecular weight excluding hydrogens is 238 g/mol. The van der Waals surface area contributed by atoms with Crippen LogP contribution in [-0.2, 0) is 0 Å². The SMILES string of the molecule is CC(CCN(C)C)NC(=O)c1cc(Cl)ccn1. The second-order valence-corrected chi connectivity index (χ2v) is 4.76. The molecule has 5 heteroatoms. The molecule has 0 aliphatic heterocycles. The first-order valence-corrected chi connectivity index (χ1v) is 5.94. The van der Waals surface area contributed by atoms with E-state index in [-0.39, 0.29) is 11.9 Å². The van der Waals surface area contributed by atoms with Crippen molar-refractivity contribution in [2.75, 3.05) is 20.6 Å². The molecule has 1 amide bonds. The lowest BCUT2D eigenvalue weighted by Crippen LogP contribution is -2.35. The van der Waals surface area contributed by atoms with E-state index in [2.05, 4.69) is 15.2 Å². The average Bonchev–Trinajstić information content (AvgIpc) is 2.26. The van der Waals surface area contributed by atoms with Crippen molar-refractivity contribution in [1.82, 2.24) is 15.2 Å². The van der Waals surface area contributed by atoms with Gasteiger partial charge < -0.3 is 10.2 Å². The second-order valence-electron chi connectivity index (χ2n) is 4.33. The minimum absolute atomic E-state index is 0.116. The van der Waals surface area contributed by atoms with Gasteiger partial charge in [0, 0.05) is 17.3 Å². The minimum atomic E-state index is -0.182. The van der Waals surface area contributed by atoms with Gasteiger partial charge in [0.1, 0.15) is 5.69 Å². The van der Waals surface area contributed by atoms with Gasteiger partial charge in [-0.05, 0) is 46.1 Å². The van der Waals surface area contributed by atoms with Crippen LogP contribution in [0.2, 0.25) is 5.02 Å². The van der Waals surface area contributed by atoms with E-state index in [1.807, 2.05) is 21.0 Å². The maximum absolute atomic E-state index is 11.8. The van der Waals surface area contributed by atoms with E-state index in [4.69, 9.17) is 11.6 Å². The predicted molar refractivity (Wildman–Crippen MR) is 69.3 cm³/mol. The van der Waals surface area contributed by atoms with Crippen molar-refractivity contribution in [3.63, 3.8) is 0 Å². The molecule has 1 atom stereocenters. The number of nitrogens with one attached hydrogen (secondary N) is 1. The first-order valence-electron chi connectivity index (χ1n) is 5.56. The molecule has 0 aromatic carbocycles. The molecule has 1 aromatic heterocycles. The van der Waals surface area contributed by atoms with E-state index >= 15 is 0 Å². The topological polar surface area (TPSA) is 45.2 Å². The fraction of sp³-hybridized carbons (Fsp3) is 0.500. The van der Waals surface area contributed by atoms with Crippen LogP contribution in [-0.4, -0.2) is 42.5 Å². The van der Waals surface area contributed by atoms with Gasteiger partial charge in [-0.2, -0.15) is 0 Å². The number of halogens is 1. The molecule has 0 bridgehead atoms. The molecule has 0 aliphatic carbocycles. The highest BCUT2D eigenvalue weighted by Gasteiger charge is 2.11. The van der Waals surface area contributed by atoms with Crippen LogP contribution in [0.25, 0.3) is 0 Å². The Morgan fingerprint density at radius 2 is 2.29 bits per heavy atom. The third-order valence-electron chi connectivity index (χ3n) is 2.34. The minimum Gasteiger partial charge on any atom is -0.348 e. The maximum Gasteiger partial charge on any atom is 0.270 e. The number of carbonyl (C=O) groups is 1. The van der Waals surface area contributed by atoms with Gasteiger partial charge in [0.15, 0.2) is 0 Å². The van der Waals surface area contributed by atoms with Crippen molar-refractivity contribution in [2.24, 2.45) is 0 Å². The van der Waals surface area contributed by atoms with Crippen molar-refractivity contribution in [1.29, 1.82) is 0 Å². The van der Waals surface area contributed by atoms with Crippen molar-refractivity contribution < 1.29 is 4.79 Å². The average molecular weight is 256 g/mol. The number of hydrogen-bond acceptors (Lipinski definition) is 3. The lowest BCUT2D eigenvalue weighted by molar-refractivity contribution is 0.0931. The summed E-state index contributed by atoms with van der Waals surface area (Å²) in [7, 11) is 4.01. The monoisotopic (exact) mass is 255 g/mol. The fourth-order valence-corrected chi connectivity index (χ4v) is 1.51. The quantitative estimate of drug-likeness (QED) is 0.873. The van der Waals surface area contributed by atoms with E-state index in [1.165, 1.54) is 6.20 Å². The molecule has 0 saturated carbocycles. The van der Waals surface area contributed by atoms with Crippen LogP contribution in [0, 0.1) is 0 Å². The van der Waals surface area contributed by atoms with Gasteiger partial charge in [-0.1, -0.05) is 11.6 Å². The Hall–Kier alpha value is -1.13. The Morgan fingerprint density at radius 3 is 2.88 bits per heavy atom. The molecule has 0 fully saturated rings. The summed E-state index contributed by atoms with van der Waals surface area (Å²) in [6, 6.07) is 3.33. The molecule has 0 saturated heterocycles. The standard InChI is InChI=1S/C12H18ClN3O/c1-9(5-7-16(2)3)15-12(17)11-8-10(13)4-6-14-11/h4,6,8-9H,5,7H2,1-3H3,(H,15,17). The van der Waals surface area contributed by atoms with Crippen molar-refractivity contribution >= 4 is 17.5 Å². The van der Waals surface area contributed by atoms with Crippen LogP contribution in [0.3, 0.4) is 0 Å². The Kier molecular flexibility index (Phi) is 5.38. The van der Waals surface area contributed by atoms with Crippen molar-refractivity contribution in [3.05, 3.63) is 29.0 Å². The molecule has 4 nitrogen and oxygen atoms in total. The highest BCUT2D eigenvalue weighted by atomic mass is 35.5. The Morgan fingerprint density at radius 1 is 1.59 bits per heavy atom. The van der Waals surface area contributed by atoms with Gasteiger partial charge in [0.25, 0.3) is 5.91 Å². The number of aromatic nitrogens is 1. The first-order chi connectivity index (χ1) is 7.99. The first kappa shape index (κ1) is 13.9. The fourth-order valence-electron chi connectivity index (χ4n) is 1.35. The smallest absolute Gasteiger partial charge is 0.270 e. The molecule has 1 N–H and O–H groups in total. The molecule has 17 heavy (non-hydrogen) atoms. The molecule has 1 unspecified atom stereocenters. The van der Waals surface area contributed by atoms with Crippen LogP contribution in [0.4, 0.5) is 0 Å². The van der Waals surface area contributed by atoms with Crippen LogP contribution < -0.4 is 5.32 Å². The zero-order valence-corrected chi connectivity index (χ0v) is 11.2. The number of carbonyl (C=O) groups excluding carboxylic acids is 1. The second kappa shape index (κ2) is 6.57. The highest BCUT2D eigenvalue weighted by Crippen LogP contribution is 2.08. The molecule has 94 valence electrons. The van der Waals surface area contributed by atoms with Crippen molar-refractivity contribution in [2.45, 2.75) is 19.4 Å². The Bertz CT molecular complexity index is 382. The molecule has 0 spiro atoms. The zero-order valence-electron chi connectivity index (χ0n) is 10.4. The van der Waals surface area contributed by atoms with Gasteiger partial charge >= 0.3 is 0 Å². The van der Waals surface area contributed by atoms with E-state index < -0.39 is 0 Å². The van der Waals surface area contributed by atoms with Gasteiger partial charge in [-0.25, -0.2) is 0 Å². The summed E-state index contributed by atoms with van der Waals surface area (Å²) >= 11 is 5.80. The lowest BCUT2D eigenvalue weighted by atomic mass is 10.2. The zero-order chi connectivity index (χ0) is 12.8. The summed E-state index contributed by atoms with van der Waals surface area (Å²) in [5.74, 6) is -0.182. The lowest BCUT2D eigenvalue weighted by Gasteiger charge is -2.16. The van der Waals surface area contributed by atoms with Gasteiger partial charge in [-0.15, -0.1) is 0 Å². The molecule has 1 rings (SSSR count). The molecule has 1 heterocycles. The van der Waals surface area contributed by atoms with E-state index in [0.29, 0.717) is 10.7 Å². The summed E-state index contributed by atoms with van der Waals surface area (Å²) < 4.78 is 0. The van der Waals surface area contributed by atoms with E-state index in [0.717, 1.165) is 13.0 Å². The third kappa shape index (κ3) is 5.15. The van der Waals surface area contributed by atoms with E-state index in [1.54, 1.807) is 12.1 Å². The third-order valence-corrected chi connectivity index (χ3v) is 2.58. The van der Waals surface area contributed by atoms with Crippen molar-refractivity contribution in [3.8, 4) is 0 Å². The van der Waals surface area contributed by atoms with Crippen LogP contribution >= 0.6 is 11.6 Å². The molecule has 1 aromatic rings. The van der Waals surface area contributed by atoms with Gasteiger partial charge in [-0.3, -0.25) is 9.78 Å². The summed E-state index contributed by atoms with van der Waals surface area (Å²) in [6.07, 6.45) is 2.43. The number of pyridine rings is 1. The summed E-state index contributed by atoms with van der Waals surface area (Å²) in [6.45, 7) is 2.91. The van der Waals surface area contributed by atoms with E-state index in [9.17, 15) is 4.79 Å². The maximum atomic E-state index is 11.8. The van der Waals surface area contributed by atoms with Crippen LogP contribution in [0.15, 0.2) is 18.3 Å². The van der Waals surface area contributed by atoms with Crippen LogP contribution in [0.1, 0.15) is 23.8 Å². The number of rotatable bonds is 5. The van der Waals surface area contributed by atoms with Gasteiger partial charge in [0.2, 0.25) is 0 Å². The Balaban J connectivity index is 2.49. The van der Waals surface area contributed by atoms with Gasteiger partial charge in [0.05, 0.1) is 0 Å². The molecule has 0 aliphatic rings. The summed E-state index contributed by atoms with van der Waals surface area (Å²) in [5, 5.41) is 3.41. The highest BCUT2D eigenvalue weighted by molar-refractivity contribution is 6.30. The normalized spacial score (nSPS) is 12.5.